The van der Waals surface area contributed by atoms with Gasteiger partial charge in [-0.2, -0.15) is 0 Å². The van der Waals surface area contributed by atoms with Gasteiger partial charge < -0.3 is 20.3 Å². The van der Waals surface area contributed by atoms with Crippen molar-refractivity contribution < 1.29 is 19.3 Å². The lowest BCUT2D eigenvalue weighted by atomic mass is 9.74. The number of ether oxygens (including phenoxy) is 1. The first kappa shape index (κ1) is 33.6. The quantitative estimate of drug-likeness (QED) is 0.248. The molecule has 8 heteroatoms. The first-order valence-corrected chi connectivity index (χ1v) is 15.4. The minimum Gasteiger partial charge on any atom is -0.504 e. The van der Waals surface area contributed by atoms with Crippen LogP contribution in [0.3, 0.4) is 0 Å². The first-order valence-electron chi connectivity index (χ1n) is 15.4. The van der Waals surface area contributed by atoms with E-state index in [1.54, 1.807) is 25.3 Å². The van der Waals surface area contributed by atoms with Crippen LogP contribution in [0.2, 0.25) is 0 Å². The SMILES string of the molecule is Br.COc1c(C)ccc2c1CC[C@@H]1NCCC[C@@H]21.Cl.Oc1ccc2c(c1O)CC[C@H]1[C@H]2CCCN1Cc1cccc(F)c1. The van der Waals surface area contributed by atoms with E-state index in [-0.39, 0.29) is 46.7 Å². The van der Waals surface area contributed by atoms with E-state index in [1.807, 2.05) is 12.1 Å². The molecule has 0 bridgehead atoms. The Balaban J connectivity index is 0.000000198. The van der Waals surface area contributed by atoms with Gasteiger partial charge in [-0.15, -0.1) is 29.4 Å². The van der Waals surface area contributed by atoms with Crippen molar-refractivity contribution in [1.29, 1.82) is 0 Å². The third-order valence-corrected chi connectivity index (χ3v) is 9.94. The second kappa shape index (κ2) is 14.6. The Kier molecular flexibility index (Phi) is 11.4. The minimum absolute atomic E-state index is 0. The maximum Gasteiger partial charge on any atom is 0.160 e. The summed E-state index contributed by atoms with van der Waals surface area (Å²) in [6, 6.07) is 16.1. The van der Waals surface area contributed by atoms with E-state index in [1.165, 1.54) is 54.1 Å². The van der Waals surface area contributed by atoms with E-state index < -0.39 is 0 Å². The lowest BCUT2D eigenvalue weighted by Gasteiger charge is -2.45. The number of benzene rings is 3. The number of rotatable bonds is 3. The molecule has 2 heterocycles. The van der Waals surface area contributed by atoms with Gasteiger partial charge in [0.25, 0.3) is 0 Å². The number of piperidine rings is 2. The van der Waals surface area contributed by atoms with Crippen LogP contribution in [0.4, 0.5) is 4.39 Å². The lowest BCUT2D eigenvalue weighted by molar-refractivity contribution is 0.104. The fourth-order valence-corrected chi connectivity index (χ4v) is 8.06. The number of phenols is 2. The van der Waals surface area contributed by atoms with Crippen LogP contribution in [0.15, 0.2) is 48.5 Å². The number of nitrogens with zero attached hydrogens (tertiary/aromatic N) is 1. The van der Waals surface area contributed by atoms with Crippen LogP contribution in [0.25, 0.3) is 0 Å². The summed E-state index contributed by atoms with van der Waals surface area (Å²) >= 11 is 0. The van der Waals surface area contributed by atoms with E-state index in [0.29, 0.717) is 23.9 Å². The Morgan fingerprint density at radius 1 is 0.930 bits per heavy atom. The molecule has 0 spiro atoms. The van der Waals surface area contributed by atoms with Crippen LogP contribution in [0.5, 0.6) is 17.2 Å². The second-order valence-corrected chi connectivity index (χ2v) is 12.3. The van der Waals surface area contributed by atoms with E-state index in [4.69, 9.17) is 4.74 Å². The molecule has 0 radical (unpaired) electrons. The summed E-state index contributed by atoms with van der Waals surface area (Å²) in [7, 11) is 1.80. The highest BCUT2D eigenvalue weighted by Gasteiger charge is 2.37. The zero-order chi connectivity index (χ0) is 28.5. The van der Waals surface area contributed by atoms with Gasteiger partial charge in [-0.05, 0) is 129 Å². The highest BCUT2D eigenvalue weighted by atomic mass is 79.9. The van der Waals surface area contributed by atoms with E-state index >= 15 is 0 Å². The molecule has 3 aromatic rings. The Morgan fingerprint density at radius 2 is 1.67 bits per heavy atom. The summed E-state index contributed by atoms with van der Waals surface area (Å²) < 4.78 is 19.1. The predicted octanol–water partition coefficient (Wildman–Crippen LogP) is 7.72. The Hall–Kier alpha value is -2.32. The van der Waals surface area contributed by atoms with Crippen molar-refractivity contribution in [2.45, 2.75) is 88.8 Å². The van der Waals surface area contributed by atoms with Crippen LogP contribution < -0.4 is 10.1 Å². The number of likely N-dealkylation sites (tertiary alicyclic amines) is 1. The van der Waals surface area contributed by atoms with E-state index in [0.717, 1.165) is 62.1 Å². The molecule has 0 aromatic heterocycles. The lowest BCUT2D eigenvalue weighted by Crippen LogP contribution is -2.45. The molecule has 2 aliphatic carbocycles. The highest BCUT2D eigenvalue weighted by Crippen LogP contribution is 2.46. The molecule has 4 atom stereocenters. The van der Waals surface area contributed by atoms with Crippen molar-refractivity contribution in [2.75, 3.05) is 20.2 Å². The summed E-state index contributed by atoms with van der Waals surface area (Å²) in [5, 5.41) is 23.6. The Bertz CT molecular complexity index is 1410. The minimum atomic E-state index is -0.185. The van der Waals surface area contributed by atoms with E-state index in [2.05, 4.69) is 29.3 Å². The number of aromatic hydroxyl groups is 2. The molecule has 0 amide bonds. The summed E-state index contributed by atoms with van der Waals surface area (Å²) in [4.78, 5) is 2.45. The first-order chi connectivity index (χ1) is 19.9. The van der Waals surface area contributed by atoms with Crippen LogP contribution in [0.1, 0.15) is 83.7 Å². The van der Waals surface area contributed by atoms with E-state index in [9.17, 15) is 14.6 Å². The topological polar surface area (TPSA) is 65.0 Å². The molecule has 7 rings (SSSR count). The number of hydrogen-bond donors (Lipinski definition) is 3. The van der Waals surface area contributed by atoms with Crippen LogP contribution in [0, 0.1) is 12.7 Å². The number of methoxy groups -OCH3 is 1. The molecule has 234 valence electrons. The van der Waals surface area contributed by atoms with Crippen molar-refractivity contribution in [3.63, 3.8) is 0 Å². The molecule has 4 aliphatic rings. The maximum atomic E-state index is 13.5. The third kappa shape index (κ3) is 6.85. The summed E-state index contributed by atoms with van der Waals surface area (Å²) in [5.41, 5.74) is 7.37. The molecule has 2 saturated heterocycles. The Morgan fingerprint density at radius 3 is 2.47 bits per heavy atom. The molecular weight excluding hydrogens is 631 g/mol. The van der Waals surface area contributed by atoms with Gasteiger partial charge in [-0.1, -0.05) is 30.3 Å². The van der Waals surface area contributed by atoms with Gasteiger partial charge in [-0.25, -0.2) is 4.39 Å². The molecule has 0 saturated carbocycles. The fraction of sp³-hybridized carbons (Fsp3) is 0.486. The normalized spacial score (nSPS) is 23.9. The standard InChI is InChI=1S/C20H22FNO2.C15H21NO.BrH.ClH/c21-14-4-1-3-13(11-14)12-22-10-2-5-16-15-7-9-19(23)20(24)17(15)6-8-18(16)22;1-10-5-6-11-12-4-3-9-16-14(12)8-7-13(11)15(10)17-2;;/h1,3-4,7,9,11,16,18,23-24H,2,5-6,8,10,12H2;5-6,12,14,16H,3-4,7-9H2,1-2H3;2*1H/t16-,18-;12-,14-;;/m00../s1. The molecule has 3 N–H and O–H groups in total. The van der Waals surface area contributed by atoms with Gasteiger partial charge in [0, 0.05) is 24.2 Å². The molecule has 43 heavy (non-hydrogen) atoms. The van der Waals surface area contributed by atoms with Crippen molar-refractivity contribution >= 4 is 29.4 Å². The number of hydrogen-bond acceptors (Lipinski definition) is 5. The van der Waals surface area contributed by atoms with Crippen molar-refractivity contribution in [2.24, 2.45) is 0 Å². The average Bonchev–Trinajstić information content (AvgIpc) is 2.99. The molecule has 2 fully saturated rings. The van der Waals surface area contributed by atoms with Gasteiger partial charge in [-0.3, -0.25) is 4.90 Å². The third-order valence-electron chi connectivity index (χ3n) is 9.94. The fourth-order valence-electron chi connectivity index (χ4n) is 8.06. The summed E-state index contributed by atoms with van der Waals surface area (Å²) in [6.45, 7) is 5.12. The molecule has 0 unspecified atom stereocenters. The smallest absolute Gasteiger partial charge is 0.160 e. The number of nitrogens with one attached hydrogen (secondary N) is 1. The largest absolute Gasteiger partial charge is 0.504 e. The van der Waals surface area contributed by atoms with Crippen LogP contribution >= 0.6 is 29.4 Å². The highest BCUT2D eigenvalue weighted by molar-refractivity contribution is 8.93. The van der Waals surface area contributed by atoms with Crippen molar-refractivity contribution in [3.05, 3.63) is 87.7 Å². The van der Waals surface area contributed by atoms with Crippen molar-refractivity contribution in [3.8, 4) is 17.2 Å². The van der Waals surface area contributed by atoms with Gasteiger partial charge in [0.15, 0.2) is 11.5 Å². The monoisotopic (exact) mass is 674 g/mol. The summed E-state index contributed by atoms with van der Waals surface area (Å²) in [5.74, 6) is 2.05. The van der Waals surface area contributed by atoms with Gasteiger partial charge in [0.2, 0.25) is 0 Å². The molecule has 3 aromatic carbocycles. The number of aryl methyl sites for hydroxylation is 1. The molecule has 5 nitrogen and oxygen atoms in total. The predicted molar refractivity (Wildman–Crippen MR) is 178 cm³/mol. The number of fused-ring (bicyclic) bond motifs is 6. The maximum absolute atomic E-state index is 13.5. The van der Waals surface area contributed by atoms with Gasteiger partial charge in [0.1, 0.15) is 11.6 Å². The number of halogens is 3. The molecular formula is C35H45BrClFN2O3. The number of phenolic OH excluding ortho intramolecular Hbond substituents is 2. The Labute approximate surface area is 272 Å². The van der Waals surface area contributed by atoms with Crippen LogP contribution in [-0.4, -0.2) is 47.4 Å². The van der Waals surface area contributed by atoms with Gasteiger partial charge >= 0.3 is 0 Å². The second-order valence-electron chi connectivity index (χ2n) is 12.3. The zero-order valence-corrected chi connectivity index (χ0v) is 27.7. The van der Waals surface area contributed by atoms with Gasteiger partial charge in [0.05, 0.1) is 7.11 Å². The molecule has 2 aliphatic heterocycles. The zero-order valence-electron chi connectivity index (χ0n) is 25.2. The van der Waals surface area contributed by atoms with Crippen molar-refractivity contribution in [1.82, 2.24) is 10.2 Å². The average molecular weight is 676 g/mol. The summed E-state index contributed by atoms with van der Waals surface area (Å²) in [6.07, 6.45) is 8.99. The van der Waals surface area contributed by atoms with Crippen LogP contribution in [-0.2, 0) is 19.4 Å².